The molecule has 2 aromatic rings. The van der Waals surface area contributed by atoms with Crippen LogP contribution in [0.3, 0.4) is 0 Å². The van der Waals surface area contributed by atoms with Gasteiger partial charge < -0.3 is 20.2 Å². The lowest BCUT2D eigenvalue weighted by atomic mass is 9.82. The minimum Gasteiger partial charge on any atom is -0.475 e. The summed E-state index contributed by atoms with van der Waals surface area (Å²) in [5, 5.41) is 21.4. The maximum atomic E-state index is 13.4. The van der Waals surface area contributed by atoms with Crippen LogP contribution in [0.5, 0.6) is 0 Å². The van der Waals surface area contributed by atoms with Crippen molar-refractivity contribution in [3.05, 3.63) is 60.2 Å². The quantitative estimate of drug-likeness (QED) is 0.397. The molecule has 21 heteroatoms. The van der Waals surface area contributed by atoms with E-state index in [2.05, 4.69) is 32.9 Å². The molecule has 268 valence electrons. The van der Waals surface area contributed by atoms with E-state index in [1.807, 2.05) is 35.4 Å². The Kier molecular flexibility index (Phi) is 15.2. The number of carboxylic acids is 3. The highest BCUT2D eigenvalue weighted by Gasteiger charge is 2.49. The number of hydrogen-bond acceptors (Lipinski definition) is 8. The first-order valence-corrected chi connectivity index (χ1v) is 13.4. The molecule has 3 N–H and O–H groups in total. The fraction of sp³-hybridized carbons (Fsp3) is 0.481. The van der Waals surface area contributed by atoms with Crippen molar-refractivity contribution in [2.24, 2.45) is 0 Å². The fourth-order valence-corrected chi connectivity index (χ4v) is 4.30. The third-order valence-corrected chi connectivity index (χ3v) is 6.77. The Balaban J connectivity index is 0.000000448. The van der Waals surface area contributed by atoms with Gasteiger partial charge in [-0.15, -0.1) is 0 Å². The molecule has 0 bridgehead atoms. The van der Waals surface area contributed by atoms with E-state index >= 15 is 0 Å². The molecule has 0 atom stereocenters. The SMILES string of the molecule is CN1CCN(Cc2ccncc2)C(=O)C12CCN(Cc1ccccn1)CC2.O=C(O)C(F)(F)F.O=C(O)C(F)(F)F.O=C(O)C(F)(F)F. The van der Waals surface area contributed by atoms with E-state index in [9.17, 15) is 44.3 Å². The second-order valence-corrected chi connectivity index (χ2v) is 10.0. The first-order valence-electron chi connectivity index (χ1n) is 13.4. The van der Waals surface area contributed by atoms with Gasteiger partial charge in [-0.25, -0.2) is 14.4 Å². The van der Waals surface area contributed by atoms with Crippen LogP contribution in [0.4, 0.5) is 39.5 Å². The number of nitrogens with zero attached hydrogens (tertiary/aromatic N) is 5. The zero-order chi connectivity index (χ0) is 36.9. The summed E-state index contributed by atoms with van der Waals surface area (Å²) in [5.41, 5.74) is 1.88. The maximum absolute atomic E-state index is 13.4. The molecule has 12 nitrogen and oxygen atoms in total. The molecule has 2 fully saturated rings. The number of carbonyl (C=O) groups excluding carboxylic acids is 1. The van der Waals surface area contributed by atoms with Crippen molar-refractivity contribution in [2.75, 3.05) is 33.2 Å². The molecule has 2 saturated heterocycles. The van der Waals surface area contributed by atoms with Crippen molar-refractivity contribution in [2.45, 2.75) is 50.0 Å². The first kappa shape index (κ1) is 41.5. The van der Waals surface area contributed by atoms with Gasteiger partial charge in [-0.3, -0.25) is 24.6 Å². The van der Waals surface area contributed by atoms with Crippen LogP contribution in [0.25, 0.3) is 0 Å². The standard InChI is InChI=1S/C21H27N5O.3C2HF3O2/c1-24-14-15-26(16-18-5-10-22-11-6-18)20(27)21(24)7-12-25(13-8-21)17-19-4-2-3-9-23-19;3*3-2(4,5)1(6)7/h2-6,9-11H,7-8,12-17H2,1H3;3*(H,6,7). The van der Waals surface area contributed by atoms with Gasteiger partial charge in [-0.1, -0.05) is 6.07 Å². The number of aromatic nitrogens is 2. The molecule has 4 rings (SSSR count). The molecule has 48 heavy (non-hydrogen) atoms. The number of hydrogen-bond donors (Lipinski definition) is 3. The normalized spacial score (nSPS) is 16.7. The molecule has 0 radical (unpaired) electrons. The molecular weight excluding hydrogens is 677 g/mol. The average molecular weight is 708 g/mol. The number of amides is 1. The molecular formula is C27H30F9N5O7. The molecule has 2 aromatic heterocycles. The van der Waals surface area contributed by atoms with Crippen molar-refractivity contribution in [3.8, 4) is 0 Å². The van der Waals surface area contributed by atoms with E-state index in [1.165, 1.54) is 0 Å². The van der Waals surface area contributed by atoms with Gasteiger partial charge in [0.2, 0.25) is 5.91 Å². The maximum Gasteiger partial charge on any atom is 0.490 e. The van der Waals surface area contributed by atoms with E-state index < -0.39 is 36.4 Å². The number of piperazine rings is 1. The largest absolute Gasteiger partial charge is 0.490 e. The second kappa shape index (κ2) is 17.6. The third kappa shape index (κ3) is 13.7. The summed E-state index contributed by atoms with van der Waals surface area (Å²) in [6.45, 7) is 5.10. The van der Waals surface area contributed by atoms with Gasteiger partial charge in [0, 0.05) is 57.9 Å². The van der Waals surface area contributed by atoms with Gasteiger partial charge in [0.25, 0.3) is 0 Å². The number of rotatable bonds is 4. The molecule has 0 aliphatic carbocycles. The molecule has 1 spiro atoms. The van der Waals surface area contributed by atoms with E-state index in [4.69, 9.17) is 29.7 Å². The van der Waals surface area contributed by atoms with Crippen molar-refractivity contribution in [1.82, 2.24) is 24.7 Å². The van der Waals surface area contributed by atoms with Crippen LogP contribution in [0.1, 0.15) is 24.1 Å². The zero-order valence-electron chi connectivity index (χ0n) is 24.9. The molecule has 0 aromatic carbocycles. The lowest BCUT2D eigenvalue weighted by Crippen LogP contribution is -2.67. The molecule has 2 aliphatic rings. The lowest BCUT2D eigenvalue weighted by Gasteiger charge is -2.51. The minimum atomic E-state index is -5.08. The van der Waals surface area contributed by atoms with Gasteiger partial charge in [0.15, 0.2) is 0 Å². The van der Waals surface area contributed by atoms with Crippen molar-refractivity contribution >= 4 is 23.8 Å². The highest BCUT2D eigenvalue weighted by Crippen LogP contribution is 2.33. The Hall–Kier alpha value is -4.53. The highest BCUT2D eigenvalue weighted by molar-refractivity contribution is 5.87. The third-order valence-electron chi connectivity index (χ3n) is 6.77. The summed E-state index contributed by atoms with van der Waals surface area (Å²) in [6, 6.07) is 10.0. The van der Waals surface area contributed by atoms with Gasteiger partial charge in [-0.2, -0.15) is 39.5 Å². The number of carboxylic acid groups (broad SMARTS) is 3. The monoisotopic (exact) mass is 707 g/mol. The topological polar surface area (TPSA) is 164 Å². The van der Waals surface area contributed by atoms with E-state index in [0.717, 1.165) is 56.8 Å². The summed E-state index contributed by atoms with van der Waals surface area (Å²) in [4.78, 5) is 55.3. The number of aliphatic carboxylic acids is 3. The van der Waals surface area contributed by atoms with Crippen LogP contribution in [-0.4, -0.2) is 121 Å². The van der Waals surface area contributed by atoms with E-state index in [-0.39, 0.29) is 11.4 Å². The van der Waals surface area contributed by atoms with Gasteiger partial charge in [0.05, 0.1) is 5.69 Å². The summed E-state index contributed by atoms with van der Waals surface area (Å²) in [5.74, 6) is -7.99. The second-order valence-electron chi connectivity index (χ2n) is 10.0. The highest BCUT2D eigenvalue weighted by atomic mass is 19.4. The van der Waals surface area contributed by atoms with Crippen LogP contribution in [-0.2, 0) is 32.3 Å². The number of pyridine rings is 2. The number of likely N-dealkylation sites (tertiary alicyclic amines) is 1. The van der Waals surface area contributed by atoms with Crippen LogP contribution >= 0.6 is 0 Å². The molecule has 0 unspecified atom stereocenters. The minimum absolute atomic E-state index is 0.283. The van der Waals surface area contributed by atoms with Crippen LogP contribution in [0.15, 0.2) is 48.9 Å². The predicted molar refractivity (Wildman–Crippen MR) is 145 cm³/mol. The Bertz CT molecular complexity index is 1280. The smallest absolute Gasteiger partial charge is 0.475 e. The number of likely N-dealkylation sites (N-methyl/N-ethyl adjacent to an activating group) is 1. The number of alkyl halides is 9. The summed E-state index contributed by atoms with van der Waals surface area (Å²) < 4.78 is 95.2. The Morgan fingerprint density at radius 3 is 1.58 bits per heavy atom. The van der Waals surface area contributed by atoms with E-state index in [1.54, 1.807) is 12.4 Å². The molecule has 2 aliphatic heterocycles. The lowest BCUT2D eigenvalue weighted by molar-refractivity contribution is -0.193. The fourth-order valence-electron chi connectivity index (χ4n) is 4.30. The van der Waals surface area contributed by atoms with Crippen LogP contribution in [0, 0.1) is 0 Å². The predicted octanol–water partition coefficient (Wildman–Crippen LogP) is 3.69. The first-order chi connectivity index (χ1) is 22.0. The molecule has 1 amide bonds. The van der Waals surface area contributed by atoms with Gasteiger partial charge in [-0.05, 0) is 49.7 Å². The zero-order valence-corrected chi connectivity index (χ0v) is 24.9. The molecule has 0 saturated carbocycles. The number of piperidine rings is 1. The van der Waals surface area contributed by atoms with Crippen LogP contribution in [0.2, 0.25) is 0 Å². The average Bonchev–Trinajstić information content (AvgIpc) is 2.99. The van der Waals surface area contributed by atoms with Crippen molar-refractivity contribution < 1.29 is 74.0 Å². The van der Waals surface area contributed by atoms with Crippen molar-refractivity contribution in [3.63, 3.8) is 0 Å². The summed E-state index contributed by atoms with van der Waals surface area (Å²) in [6.07, 6.45) is -8.07. The number of carbonyl (C=O) groups is 4. The van der Waals surface area contributed by atoms with Gasteiger partial charge >= 0.3 is 36.4 Å². The Morgan fingerprint density at radius 2 is 1.19 bits per heavy atom. The number of halogens is 9. The summed E-state index contributed by atoms with van der Waals surface area (Å²) >= 11 is 0. The Morgan fingerprint density at radius 1 is 0.729 bits per heavy atom. The molecule has 4 heterocycles. The summed E-state index contributed by atoms with van der Waals surface area (Å²) in [7, 11) is 2.11. The van der Waals surface area contributed by atoms with Gasteiger partial charge in [0.1, 0.15) is 5.54 Å². The van der Waals surface area contributed by atoms with Crippen molar-refractivity contribution in [1.29, 1.82) is 0 Å². The van der Waals surface area contributed by atoms with E-state index in [0.29, 0.717) is 6.54 Å². The Labute approximate surface area is 266 Å². The van der Waals surface area contributed by atoms with Crippen LogP contribution < -0.4 is 0 Å².